The van der Waals surface area contributed by atoms with Crippen LogP contribution >= 0.6 is 15.9 Å². The Hall–Kier alpha value is -4.26. The molecule has 2 heterocycles. The van der Waals surface area contributed by atoms with Crippen LogP contribution in [-0.2, 0) is 29.0 Å². The summed E-state index contributed by atoms with van der Waals surface area (Å²) in [7, 11) is 0. The molecule has 3 N–H and O–H groups in total. The normalized spacial score (nSPS) is 19.2. The molecule has 12 heteroatoms. The predicted molar refractivity (Wildman–Crippen MR) is 192 cm³/mol. The number of nitrogens with zero attached hydrogens (tertiary/aromatic N) is 3. The lowest BCUT2D eigenvalue weighted by Gasteiger charge is -2.50. The molecule has 10 nitrogen and oxygen atoms in total. The third kappa shape index (κ3) is 8.45. The molecule has 51 heavy (non-hydrogen) atoms. The van der Waals surface area contributed by atoms with Crippen LogP contribution < -0.4 is 4.74 Å². The molecular formula is C39H43BrFN3O7. The SMILES string of the molecule is CC(=O)N1C[C@H]2CC(c3ccc(CCCOc4cc(F)ccc4Br)cc3)=C(C(=O)N(Cc3ccccc3C[C@@H](O)CO)C3CC3)[C@@H](C1)N2C(=O)O. The first-order chi connectivity index (χ1) is 24.5. The lowest BCUT2D eigenvalue weighted by Crippen LogP contribution is -2.64. The monoisotopic (exact) mass is 763 g/mol. The molecule has 2 bridgehead atoms. The molecule has 0 spiro atoms. The number of aryl methyl sites for hydroxylation is 1. The molecule has 0 radical (unpaired) electrons. The lowest BCUT2D eigenvalue weighted by molar-refractivity contribution is -0.135. The van der Waals surface area contributed by atoms with Crippen LogP contribution in [0.4, 0.5) is 9.18 Å². The van der Waals surface area contributed by atoms with E-state index >= 15 is 0 Å². The van der Waals surface area contributed by atoms with Crippen LogP contribution in [-0.4, -0.2) is 98.5 Å². The summed E-state index contributed by atoms with van der Waals surface area (Å²) in [6.45, 7) is 2.08. The molecule has 3 amide bonds. The third-order valence-corrected chi connectivity index (χ3v) is 10.6. The summed E-state index contributed by atoms with van der Waals surface area (Å²) >= 11 is 3.38. The quantitative estimate of drug-likeness (QED) is 0.198. The zero-order valence-electron chi connectivity index (χ0n) is 28.5. The van der Waals surface area contributed by atoms with Crippen molar-refractivity contribution < 1.29 is 38.8 Å². The fraction of sp³-hybridized carbons (Fsp3) is 0.410. The molecule has 3 aromatic rings. The van der Waals surface area contributed by atoms with Gasteiger partial charge in [-0.15, -0.1) is 0 Å². The topological polar surface area (TPSA) is 131 Å². The molecule has 1 aliphatic carbocycles. The van der Waals surface area contributed by atoms with Crippen molar-refractivity contribution in [2.45, 2.75) is 76.2 Å². The fourth-order valence-corrected chi connectivity index (χ4v) is 7.60. The first-order valence-corrected chi connectivity index (χ1v) is 18.2. The average Bonchev–Trinajstić information content (AvgIpc) is 3.96. The van der Waals surface area contributed by atoms with Crippen LogP contribution in [0.1, 0.15) is 54.9 Å². The number of aliphatic hydroxyl groups excluding tert-OH is 2. The van der Waals surface area contributed by atoms with E-state index in [1.54, 1.807) is 11.0 Å². The van der Waals surface area contributed by atoms with Gasteiger partial charge in [-0.2, -0.15) is 0 Å². The molecule has 270 valence electrons. The van der Waals surface area contributed by atoms with E-state index < -0.39 is 24.3 Å². The highest BCUT2D eigenvalue weighted by atomic mass is 79.9. The largest absolute Gasteiger partial charge is 0.492 e. The number of carbonyl (C=O) groups is 3. The molecule has 3 aromatic carbocycles. The van der Waals surface area contributed by atoms with Crippen molar-refractivity contribution in [2.24, 2.45) is 0 Å². The van der Waals surface area contributed by atoms with Gasteiger partial charge >= 0.3 is 6.09 Å². The maximum absolute atomic E-state index is 14.9. The summed E-state index contributed by atoms with van der Waals surface area (Å²) in [5, 5.41) is 30.1. The Balaban J connectivity index is 1.30. The van der Waals surface area contributed by atoms with E-state index in [4.69, 9.17) is 4.74 Å². The Labute approximate surface area is 305 Å². The number of halogens is 2. The molecule has 3 atom stereocenters. The van der Waals surface area contributed by atoms with Gasteiger partial charge < -0.3 is 29.9 Å². The number of hydrogen-bond acceptors (Lipinski definition) is 6. The minimum atomic E-state index is -1.12. The van der Waals surface area contributed by atoms with Gasteiger partial charge in [-0.3, -0.25) is 14.5 Å². The third-order valence-electron chi connectivity index (χ3n) is 9.99. The van der Waals surface area contributed by atoms with E-state index in [-0.39, 0.29) is 62.8 Å². The lowest BCUT2D eigenvalue weighted by atomic mass is 9.81. The van der Waals surface area contributed by atoms with Crippen molar-refractivity contribution in [1.82, 2.24) is 14.7 Å². The van der Waals surface area contributed by atoms with Gasteiger partial charge in [0.1, 0.15) is 11.6 Å². The Kier molecular flexibility index (Phi) is 11.4. The number of ether oxygens (including phenoxy) is 1. The second kappa shape index (κ2) is 16.0. The number of fused-ring (bicyclic) bond motifs is 2. The van der Waals surface area contributed by atoms with Gasteiger partial charge in [0.15, 0.2) is 0 Å². The van der Waals surface area contributed by atoms with Gasteiger partial charge in [0.05, 0.1) is 35.9 Å². The molecule has 1 saturated carbocycles. The van der Waals surface area contributed by atoms with Gasteiger partial charge in [0.25, 0.3) is 5.91 Å². The second-order valence-corrected chi connectivity index (χ2v) is 14.4. The highest BCUT2D eigenvalue weighted by molar-refractivity contribution is 9.10. The maximum atomic E-state index is 14.9. The summed E-state index contributed by atoms with van der Waals surface area (Å²) in [6.07, 6.45) is 1.50. The summed E-state index contributed by atoms with van der Waals surface area (Å²) in [5.74, 6) is -0.345. The first kappa shape index (κ1) is 36.5. The van der Waals surface area contributed by atoms with E-state index in [1.807, 2.05) is 53.4 Å². The first-order valence-electron chi connectivity index (χ1n) is 17.4. The number of aliphatic hydroxyl groups is 2. The van der Waals surface area contributed by atoms with Crippen LogP contribution in [0.2, 0.25) is 0 Å². The summed E-state index contributed by atoms with van der Waals surface area (Å²) in [5.41, 5.74) is 4.75. The number of rotatable bonds is 13. The van der Waals surface area contributed by atoms with E-state index in [2.05, 4.69) is 15.9 Å². The van der Waals surface area contributed by atoms with Gasteiger partial charge in [0.2, 0.25) is 5.91 Å². The Bertz CT molecular complexity index is 1800. The Morgan fingerprint density at radius 2 is 1.76 bits per heavy atom. The minimum Gasteiger partial charge on any atom is -0.492 e. The molecule has 2 fully saturated rings. The van der Waals surface area contributed by atoms with Crippen LogP contribution in [0.5, 0.6) is 5.75 Å². The van der Waals surface area contributed by atoms with Crippen LogP contribution in [0.3, 0.4) is 0 Å². The van der Waals surface area contributed by atoms with Gasteiger partial charge in [0, 0.05) is 50.7 Å². The highest BCUT2D eigenvalue weighted by Crippen LogP contribution is 2.41. The molecule has 1 saturated heterocycles. The minimum absolute atomic E-state index is 0.0248. The van der Waals surface area contributed by atoms with E-state index in [0.717, 1.165) is 40.7 Å². The standard InChI is InChI=1S/C39H43BrFN3O7/c1-24(46)42-21-31-19-33(26-10-8-25(9-11-26)5-4-16-51-36-18-29(41)12-15-34(36)40)37(35(22-42)44(31)39(49)50)38(48)43(30-13-14-30)20-28-7-3-2-6-27(28)17-32(47)23-45/h2-3,6-12,15,18,30-32,35,45,47H,4-5,13-14,16-17,19-23H2,1H3,(H,49,50)/t31-,32-,35-/m1/s1. The molecule has 2 aliphatic heterocycles. The zero-order chi connectivity index (χ0) is 36.2. The van der Waals surface area contributed by atoms with Crippen LogP contribution in [0, 0.1) is 5.82 Å². The van der Waals surface area contributed by atoms with Gasteiger partial charge in [-0.1, -0.05) is 48.5 Å². The predicted octanol–water partition coefficient (Wildman–Crippen LogP) is 5.42. The number of carbonyl (C=O) groups excluding carboxylic acids is 2. The van der Waals surface area contributed by atoms with Crippen molar-refractivity contribution in [1.29, 1.82) is 0 Å². The molecule has 3 aliphatic rings. The number of carboxylic acid groups (broad SMARTS) is 1. The van der Waals surface area contributed by atoms with Crippen LogP contribution in [0.15, 0.2) is 76.8 Å². The number of piperazine rings is 1. The number of amides is 3. The van der Waals surface area contributed by atoms with Crippen molar-refractivity contribution in [3.63, 3.8) is 0 Å². The Morgan fingerprint density at radius 3 is 2.43 bits per heavy atom. The van der Waals surface area contributed by atoms with Crippen molar-refractivity contribution in [2.75, 3.05) is 26.3 Å². The number of benzene rings is 3. The summed E-state index contributed by atoms with van der Waals surface area (Å²) in [6, 6.07) is 18.4. The van der Waals surface area contributed by atoms with Crippen molar-refractivity contribution in [3.05, 3.63) is 105 Å². The number of hydrogen-bond donors (Lipinski definition) is 3. The smallest absolute Gasteiger partial charge is 0.408 e. The van der Waals surface area contributed by atoms with Gasteiger partial charge in [-0.05, 0) is 88.0 Å². The Morgan fingerprint density at radius 1 is 1.04 bits per heavy atom. The van der Waals surface area contributed by atoms with E-state index in [0.29, 0.717) is 35.2 Å². The average molecular weight is 765 g/mol. The molecule has 0 unspecified atom stereocenters. The second-order valence-electron chi connectivity index (χ2n) is 13.6. The van der Waals surface area contributed by atoms with Gasteiger partial charge in [-0.25, -0.2) is 9.18 Å². The zero-order valence-corrected chi connectivity index (χ0v) is 30.1. The fourth-order valence-electron chi connectivity index (χ4n) is 7.24. The molecule has 0 aromatic heterocycles. The maximum Gasteiger partial charge on any atom is 0.408 e. The highest BCUT2D eigenvalue weighted by Gasteiger charge is 2.49. The van der Waals surface area contributed by atoms with Crippen LogP contribution in [0.25, 0.3) is 5.57 Å². The van der Waals surface area contributed by atoms with Crippen molar-refractivity contribution in [3.8, 4) is 5.75 Å². The van der Waals surface area contributed by atoms with E-state index in [9.17, 15) is 34.1 Å². The summed E-state index contributed by atoms with van der Waals surface area (Å²) in [4.78, 5) is 45.1. The molecule has 6 rings (SSSR count). The van der Waals surface area contributed by atoms with Crippen molar-refractivity contribution >= 4 is 39.4 Å². The van der Waals surface area contributed by atoms with E-state index in [1.165, 1.54) is 24.0 Å². The molecular weight excluding hydrogens is 721 g/mol. The summed E-state index contributed by atoms with van der Waals surface area (Å²) < 4.78 is 20.1.